The summed E-state index contributed by atoms with van der Waals surface area (Å²) in [5.74, 6) is -0.805. The van der Waals surface area contributed by atoms with Crippen LogP contribution < -0.4 is 16.4 Å². The monoisotopic (exact) mass is 279 g/mol. The van der Waals surface area contributed by atoms with Gasteiger partial charge in [-0.1, -0.05) is 30.3 Å². The zero-order valence-corrected chi connectivity index (χ0v) is 11.3. The molecular formula is C14H21N3O3. The van der Waals surface area contributed by atoms with Crippen molar-refractivity contribution in [3.05, 3.63) is 35.9 Å². The summed E-state index contributed by atoms with van der Waals surface area (Å²) in [4.78, 5) is 20.6. The number of carboxylic acid groups (broad SMARTS) is 1. The third-order valence-electron chi connectivity index (χ3n) is 2.96. The second-order valence-corrected chi connectivity index (χ2v) is 4.58. The first-order chi connectivity index (χ1) is 9.59. The van der Waals surface area contributed by atoms with Crippen LogP contribution in [0.2, 0.25) is 0 Å². The molecule has 0 aromatic heterocycles. The topological polar surface area (TPSA) is 104 Å². The summed E-state index contributed by atoms with van der Waals surface area (Å²) >= 11 is 0. The molecule has 1 unspecified atom stereocenters. The van der Waals surface area contributed by atoms with Crippen molar-refractivity contribution in [3.8, 4) is 0 Å². The molecule has 110 valence electrons. The maximum Gasteiger partial charge on any atom is 0.312 e. The molecule has 0 aliphatic carbocycles. The van der Waals surface area contributed by atoms with Gasteiger partial charge < -0.3 is 21.5 Å². The fraction of sp³-hybridized carbons (Fsp3) is 0.429. The zero-order chi connectivity index (χ0) is 14.8. The van der Waals surface area contributed by atoms with Crippen LogP contribution in [0.5, 0.6) is 0 Å². The smallest absolute Gasteiger partial charge is 0.312 e. The summed E-state index contributed by atoms with van der Waals surface area (Å²) < 4.78 is 0. The van der Waals surface area contributed by atoms with E-state index in [0.717, 1.165) is 24.9 Å². The largest absolute Gasteiger partial charge is 0.481 e. The fourth-order valence-electron chi connectivity index (χ4n) is 1.85. The number of carboxylic acids is 1. The number of hydrogen-bond donors (Lipinski definition) is 4. The number of amides is 2. The third kappa shape index (κ3) is 6.75. The highest BCUT2D eigenvalue weighted by Crippen LogP contribution is 2.08. The van der Waals surface area contributed by atoms with Crippen molar-refractivity contribution in [2.75, 3.05) is 13.1 Å². The van der Waals surface area contributed by atoms with E-state index in [1.54, 1.807) is 0 Å². The van der Waals surface area contributed by atoms with E-state index in [9.17, 15) is 9.59 Å². The Balaban J connectivity index is 0.000000204. The van der Waals surface area contributed by atoms with Gasteiger partial charge in [0.1, 0.15) is 0 Å². The number of piperidine rings is 1. The van der Waals surface area contributed by atoms with Crippen LogP contribution in [0.15, 0.2) is 30.3 Å². The molecule has 0 saturated carbocycles. The summed E-state index contributed by atoms with van der Waals surface area (Å²) in [5, 5.41) is 14.0. The van der Waals surface area contributed by atoms with E-state index >= 15 is 0 Å². The normalized spacial score (nSPS) is 17.5. The average Bonchev–Trinajstić information content (AvgIpc) is 2.48. The van der Waals surface area contributed by atoms with E-state index in [2.05, 4.69) is 10.6 Å². The molecule has 1 aliphatic rings. The highest BCUT2D eigenvalue weighted by Gasteiger charge is 2.18. The van der Waals surface area contributed by atoms with Gasteiger partial charge in [0.15, 0.2) is 0 Å². The van der Waals surface area contributed by atoms with Gasteiger partial charge >= 0.3 is 12.0 Å². The van der Waals surface area contributed by atoms with Gasteiger partial charge in [-0.05, 0) is 24.9 Å². The Bertz CT molecular complexity index is 417. The summed E-state index contributed by atoms with van der Waals surface area (Å²) in [5.41, 5.74) is 5.94. The number of urea groups is 1. The van der Waals surface area contributed by atoms with Crippen molar-refractivity contribution in [1.82, 2.24) is 10.6 Å². The number of nitrogens with two attached hydrogens (primary N) is 1. The van der Waals surface area contributed by atoms with Crippen LogP contribution in [0.25, 0.3) is 0 Å². The number of rotatable bonds is 3. The van der Waals surface area contributed by atoms with Crippen LogP contribution in [0.1, 0.15) is 18.4 Å². The van der Waals surface area contributed by atoms with Crippen molar-refractivity contribution < 1.29 is 14.7 Å². The zero-order valence-electron chi connectivity index (χ0n) is 11.3. The van der Waals surface area contributed by atoms with Crippen molar-refractivity contribution >= 4 is 12.0 Å². The molecule has 0 spiro atoms. The molecule has 1 heterocycles. The van der Waals surface area contributed by atoms with E-state index in [1.165, 1.54) is 0 Å². The molecule has 6 nitrogen and oxygen atoms in total. The number of carbonyl (C=O) groups is 2. The first kappa shape index (κ1) is 16.0. The number of hydrogen-bond acceptors (Lipinski definition) is 3. The lowest BCUT2D eigenvalue weighted by Gasteiger charge is -2.18. The number of carbonyl (C=O) groups excluding carboxylic acids is 1. The quantitative estimate of drug-likeness (QED) is 0.660. The molecular weight excluding hydrogens is 258 g/mol. The van der Waals surface area contributed by atoms with Crippen molar-refractivity contribution in [1.29, 1.82) is 0 Å². The lowest BCUT2D eigenvalue weighted by atomic mass is 10.0. The van der Waals surface area contributed by atoms with Crippen molar-refractivity contribution in [2.45, 2.75) is 19.4 Å². The van der Waals surface area contributed by atoms with Crippen LogP contribution in [-0.2, 0) is 11.3 Å². The molecule has 1 fully saturated rings. The molecule has 1 saturated heterocycles. The lowest BCUT2D eigenvalue weighted by Crippen LogP contribution is -2.34. The maximum absolute atomic E-state index is 10.3. The molecule has 0 radical (unpaired) electrons. The molecule has 20 heavy (non-hydrogen) atoms. The van der Waals surface area contributed by atoms with Gasteiger partial charge in [-0.25, -0.2) is 4.79 Å². The highest BCUT2D eigenvalue weighted by molar-refractivity contribution is 5.71. The Morgan fingerprint density at radius 3 is 2.50 bits per heavy atom. The van der Waals surface area contributed by atoms with Crippen LogP contribution in [0.3, 0.4) is 0 Å². The minimum atomic E-state index is -0.665. The third-order valence-corrected chi connectivity index (χ3v) is 2.96. The summed E-state index contributed by atoms with van der Waals surface area (Å²) in [6, 6.07) is 9.12. The Hall–Kier alpha value is -2.08. The molecule has 2 amide bonds. The second-order valence-electron chi connectivity index (χ2n) is 4.58. The standard InChI is InChI=1S/C8H10N2O.C6H11NO2/c9-8(11)10-6-7-4-2-1-3-5-7;8-6(9)5-2-1-3-7-4-5/h1-5H,6H2,(H3,9,10,11);5,7H,1-4H2,(H,8,9). The van der Waals surface area contributed by atoms with E-state index in [1.807, 2.05) is 30.3 Å². The molecule has 2 rings (SSSR count). The fourth-order valence-corrected chi connectivity index (χ4v) is 1.85. The molecule has 1 atom stereocenters. The van der Waals surface area contributed by atoms with Gasteiger partial charge in [-0.15, -0.1) is 0 Å². The number of nitrogens with one attached hydrogen (secondary N) is 2. The van der Waals surface area contributed by atoms with E-state index < -0.39 is 12.0 Å². The maximum atomic E-state index is 10.3. The van der Waals surface area contributed by atoms with Crippen molar-refractivity contribution in [2.24, 2.45) is 11.7 Å². The van der Waals surface area contributed by atoms with E-state index in [4.69, 9.17) is 10.8 Å². The molecule has 6 heteroatoms. The molecule has 1 aromatic carbocycles. The molecule has 5 N–H and O–H groups in total. The van der Waals surface area contributed by atoms with Crippen LogP contribution in [-0.4, -0.2) is 30.2 Å². The minimum absolute atomic E-state index is 0.140. The van der Waals surface area contributed by atoms with Crippen molar-refractivity contribution in [3.63, 3.8) is 0 Å². The SMILES string of the molecule is NC(=O)NCc1ccccc1.O=C(O)C1CCCNC1. The van der Waals surface area contributed by atoms with Gasteiger partial charge in [0.2, 0.25) is 0 Å². The van der Waals surface area contributed by atoms with Gasteiger partial charge in [0.05, 0.1) is 5.92 Å². The van der Waals surface area contributed by atoms with Gasteiger partial charge in [-0.2, -0.15) is 0 Å². The van der Waals surface area contributed by atoms with E-state index in [-0.39, 0.29) is 5.92 Å². The Labute approximate surface area is 118 Å². The Morgan fingerprint density at radius 1 is 1.35 bits per heavy atom. The first-order valence-corrected chi connectivity index (χ1v) is 6.60. The lowest BCUT2D eigenvalue weighted by molar-refractivity contribution is -0.142. The predicted octanol–water partition coefficient (Wildman–Crippen LogP) is 0.925. The number of benzene rings is 1. The summed E-state index contributed by atoms with van der Waals surface area (Å²) in [7, 11) is 0. The average molecular weight is 279 g/mol. The van der Waals surface area contributed by atoms with Crippen LogP contribution >= 0.6 is 0 Å². The number of primary amides is 1. The van der Waals surface area contributed by atoms with Crippen LogP contribution in [0, 0.1) is 5.92 Å². The summed E-state index contributed by atoms with van der Waals surface area (Å²) in [6.45, 7) is 2.12. The Kier molecular flexibility index (Phi) is 7.13. The molecule has 1 aromatic rings. The molecule has 0 bridgehead atoms. The summed E-state index contributed by atoms with van der Waals surface area (Å²) in [6.07, 6.45) is 1.83. The van der Waals surface area contributed by atoms with Gasteiger partial charge in [0, 0.05) is 13.1 Å². The van der Waals surface area contributed by atoms with E-state index in [0.29, 0.717) is 13.1 Å². The number of aliphatic carboxylic acids is 1. The Morgan fingerprint density at radius 2 is 2.05 bits per heavy atom. The van der Waals surface area contributed by atoms with Gasteiger partial charge in [-0.3, -0.25) is 4.79 Å². The second kappa shape index (κ2) is 8.92. The highest BCUT2D eigenvalue weighted by atomic mass is 16.4. The minimum Gasteiger partial charge on any atom is -0.481 e. The first-order valence-electron chi connectivity index (χ1n) is 6.60. The predicted molar refractivity (Wildman–Crippen MR) is 76.1 cm³/mol. The molecule has 1 aliphatic heterocycles. The van der Waals surface area contributed by atoms with Gasteiger partial charge in [0.25, 0.3) is 0 Å². The van der Waals surface area contributed by atoms with Crippen LogP contribution in [0.4, 0.5) is 4.79 Å².